The number of halogens is 2. The Morgan fingerprint density at radius 2 is 2.09 bits per heavy atom. The quantitative estimate of drug-likeness (QED) is 0.889. The number of pyridine rings is 1. The van der Waals surface area contributed by atoms with Gasteiger partial charge in [-0.1, -0.05) is 23.7 Å². The third-order valence-corrected chi connectivity index (χ3v) is 3.81. The molecule has 0 bridgehead atoms. The second-order valence-electron chi connectivity index (χ2n) is 5.00. The van der Waals surface area contributed by atoms with Crippen molar-refractivity contribution in [2.45, 2.75) is 6.10 Å². The van der Waals surface area contributed by atoms with Gasteiger partial charge in [-0.2, -0.15) is 0 Å². The number of ether oxygens (including phenoxy) is 1. The fourth-order valence-electron chi connectivity index (χ4n) is 2.30. The minimum Gasteiger partial charge on any atom is -0.371 e. The number of rotatable bonds is 3. The maximum atomic E-state index is 12.2. The van der Waals surface area contributed by atoms with Crippen molar-refractivity contribution >= 4 is 35.6 Å². The molecule has 23 heavy (non-hydrogen) atoms. The van der Waals surface area contributed by atoms with Crippen LogP contribution >= 0.6 is 24.0 Å². The van der Waals surface area contributed by atoms with Crippen LogP contribution in [0.1, 0.15) is 22.0 Å². The van der Waals surface area contributed by atoms with E-state index in [0.717, 1.165) is 18.7 Å². The van der Waals surface area contributed by atoms with E-state index in [2.05, 4.69) is 15.6 Å². The first kappa shape index (κ1) is 17.7. The largest absolute Gasteiger partial charge is 0.371 e. The van der Waals surface area contributed by atoms with Gasteiger partial charge in [0, 0.05) is 31.2 Å². The highest BCUT2D eigenvalue weighted by molar-refractivity contribution is 6.34. The van der Waals surface area contributed by atoms with E-state index in [1.54, 1.807) is 12.3 Å². The highest BCUT2D eigenvalue weighted by Crippen LogP contribution is 2.21. The van der Waals surface area contributed by atoms with Gasteiger partial charge in [-0.05, 0) is 23.8 Å². The first-order valence-corrected chi connectivity index (χ1v) is 7.45. The van der Waals surface area contributed by atoms with Gasteiger partial charge in [-0.25, -0.2) is 0 Å². The van der Waals surface area contributed by atoms with E-state index in [1.165, 1.54) is 6.20 Å². The monoisotopic (exact) mass is 353 g/mol. The highest BCUT2D eigenvalue weighted by Gasteiger charge is 2.16. The van der Waals surface area contributed by atoms with Gasteiger partial charge in [0.1, 0.15) is 0 Å². The van der Waals surface area contributed by atoms with Crippen molar-refractivity contribution in [3.8, 4) is 0 Å². The Bertz CT molecular complexity index is 659. The average molecular weight is 354 g/mol. The van der Waals surface area contributed by atoms with Crippen molar-refractivity contribution in [2.24, 2.45) is 0 Å². The Morgan fingerprint density at radius 1 is 1.30 bits per heavy atom. The molecule has 3 rings (SSSR count). The van der Waals surface area contributed by atoms with Crippen molar-refractivity contribution in [2.75, 3.05) is 25.0 Å². The van der Waals surface area contributed by atoms with Crippen molar-refractivity contribution < 1.29 is 9.53 Å². The molecule has 7 heteroatoms. The number of carbonyl (C=O) groups is 1. The van der Waals surface area contributed by atoms with E-state index >= 15 is 0 Å². The van der Waals surface area contributed by atoms with Crippen LogP contribution in [0.3, 0.4) is 0 Å². The number of hydrogen-bond acceptors (Lipinski definition) is 4. The molecule has 0 spiro atoms. The zero-order valence-electron chi connectivity index (χ0n) is 12.3. The van der Waals surface area contributed by atoms with Gasteiger partial charge >= 0.3 is 0 Å². The number of benzene rings is 1. The molecule has 1 atom stereocenters. The van der Waals surface area contributed by atoms with E-state index in [4.69, 9.17) is 16.3 Å². The van der Waals surface area contributed by atoms with E-state index in [-0.39, 0.29) is 24.4 Å². The second kappa shape index (κ2) is 8.26. The van der Waals surface area contributed by atoms with Gasteiger partial charge in [-0.15, -0.1) is 12.4 Å². The van der Waals surface area contributed by atoms with Gasteiger partial charge in [0.2, 0.25) is 0 Å². The van der Waals surface area contributed by atoms with Crippen molar-refractivity contribution in [1.29, 1.82) is 0 Å². The van der Waals surface area contributed by atoms with Crippen LogP contribution in [0.25, 0.3) is 0 Å². The average Bonchev–Trinajstić information content (AvgIpc) is 2.57. The summed E-state index contributed by atoms with van der Waals surface area (Å²) in [5.74, 6) is -0.276. The third kappa shape index (κ3) is 4.42. The van der Waals surface area contributed by atoms with Gasteiger partial charge < -0.3 is 15.4 Å². The van der Waals surface area contributed by atoms with Gasteiger partial charge in [0.25, 0.3) is 5.91 Å². The number of aromatic nitrogens is 1. The van der Waals surface area contributed by atoms with E-state index < -0.39 is 0 Å². The molecule has 1 aromatic heterocycles. The number of amides is 1. The number of anilines is 1. The zero-order valence-corrected chi connectivity index (χ0v) is 13.9. The van der Waals surface area contributed by atoms with Gasteiger partial charge in [0.15, 0.2) is 0 Å². The van der Waals surface area contributed by atoms with Crippen LogP contribution in [0.2, 0.25) is 5.02 Å². The molecule has 1 aromatic carbocycles. The lowest BCUT2D eigenvalue weighted by Gasteiger charge is -2.24. The highest BCUT2D eigenvalue weighted by atomic mass is 35.5. The molecule has 1 saturated heterocycles. The summed E-state index contributed by atoms with van der Waals surface area (Å²) in [5, 5.41) is 6.48. The number of nitrogens with zero attached hydrogens (tertiary/aromatic N) is 1. The van der Waals surface area contributed by atoms with E-state index in [9.17, 15) is 4.79 Å². The molecular weight excluding hydrogens is 337 g/mol. The van der Waals surface area contributed by atoms with Crippen LogP contribution in [0.15, 0.2) is 42.7 Å². The molecule has 1 aliphatic heterocycles. The standard InChI is InChI=1S/C16H16ClN3O2.ClH/c17-14-5-6-18-9-13(14)16(21)20-12-3-1-11(2-4-12)15-10-19-7-8-22-15;/h1-6,9,15,19H,7-8,10H2,(H,20,21);1H/t15-;/m0./s1. The SMILES string of the molecule is Cl.O=C(Nc1ccc([C@@H]2CNCCO2)cc1)c1cnccc1Cl. The summed E-state index contributed by atoms with van der Waals surface area (Å²) in [4.78, 5) is 16.1. The number of carbonyl (C=O) groups excluding carboxylic acids is 1. The van der Waals surface area contributed by atoms with Crippen LogP contribution in [0.5, 0.6) is 0 Å². The smallest absolute Gasteiger partial charge is 0.258 e. The molecule has 0 saturated carbocycles. The van der Waals surface area contributed by atoms with Crippen LogP contribution in [-0.2, 0) is 4.74 Å². The van der Waals surface area contributed by atoms with Crippen molar-refractivity contribution in [1.82, 2.24) is 10.3 Å². The summed E-state index contributed by atoms with van der Waals surface area (Å²) in [6.07, 6.45) is 3.06. The fourth-order valence-corrected chi connectivity index (χ4v) is 2.49. The molecular formula is C16H17Cl2N3O2. The molecule has 2 aromatic rings. The van der Waals surface area contributed by atoms with Crippen molar-refractivity contribution in [3.63, 3.8) is 0 Å². The Kier molecular flexibility index (Phi) is 6.36. The normalized spacial score (nSPS) is 17.2. The Morgan fingerprint density at radius 3 is 2.74 bits per heavy atom. The Labute approximate surface area is 145 Å². The van der Waals surface area contributed by atoms with Crippen LogP contribution in [0.4, 0.5) is 5.69 Å². The molecule has 2 heterocycles. The van der Waals surface area contributed by atoms with Crippen LogP contribution in [0, 0.1) is 0 Å². The van der Waals surface area contributed by atoms with Gasteiger partial charge in [0.05, 0.1) is 23.3 Å². The molecule has 1 fully saturated rings. The topological polar surface area (TPSA) is 63.2 Å². The first-order valence-electron chi connectivity index (χ1n) is 7.07. The predicted molar refractivity (Wildman–Crippen MR) is 92.5 cm³/mol. The first-order chi connectivity index (χ1) is 10.7. The number of morpholine rings is 1. The van der Waals surface area contributed by atoms with E-state index in [0.29, 0.717) is 22.9 Å². The summed E-state index contributed by atoms with van der Waals surface area (Å²) in [5.41, 5.74) is 2.15. The predicted octanol–water partition coefficient (Wildman–Crippen LogP) is 3.07. The summed E-state index contributed by atoms with van der Waals surface area (Å²) in [7, 11) is 0. The maximum Gasteiger partial charge on any atom is 0.258 e. The minimum absolute atomic E-state index is 0. The Hall–Kier alpha value is -1.66. The fraction of sp³-hybridized carbons (Fsp3) is 0.250. The maximum absolute atomic E-state index is 12.2. The second-order valence-corrected chi connectivity index (χ2v) is 5.40. The summed E-state index contributed by atoms with van der Waals surface area (Å²) < 4.78 is 5.69. The molecule has 1 aliphatic rings. The Balaban J connectivity index is 0.00000192. The van der Waals surface area contributed by atoms with E-state index in [1.807, 2.05) is 24.3 Å². The van der Waals surface area contributed by atoms with Crippen molar-refractivity contribution in [3.05, 3.63) is 58.9 Å². The lowest BCUT2D eigenvalue weighted by atomic mass is 10.1. The number of nitrogens with one attached hydrogen (secondary N) is 2. The number of hydrogen-bond donors (Lipinski definition) is 2. The summed E-state index contributed by atoms with van der Waals surface area (Å²) in [6, 6.07) is 9.22. The minimum atomic E-state index is -0.276. The molecule has 0 aliphatic carbocycles. The lowest BCUT2D eigenvalue weighted by molar-refractivity contribution is 0.0277. The molecule has 0 unspecified atom stereocenters. The molecule has 0 radical (unpaired) electrons. The molecule has 2 N–H and O–H groups in total. The molecule has 1 amide bonds. The zero-order chi connectivity index (χ0) is 15.4. The van der Waals surface area contributed by atoms with Gasteiger partial charge in [-0.3, -0.25) is 9.78 Å². The van der Waals surface area contributed by atoms with Crippen LogP contribution in [-0.4, -0.2) is 30.6 Å². The molecule has 5 nitrogen and oxygen atoms in total. The molecule has 122 valence electrons. The lowest BCUT2D eigenvalue weighted by Crippen LogP contribution is -2.33. The summed E-state index contributed by atoms with van der Waals surface area (Å²) in [6.45, 7) is 2.40. The summed E-state index contributed by atoms with van der Waals surface area (Å²) >= 11 is 5.99. The van der Waals surface area contributed by atoms with Crippen LogP contribution < -0.4 is 10.6 Å². The third-order valence-electron chi connectivity index (χ3n) is 3.48.